The zero-order chi connectivity index (χ0) is 54.0. The second-order valence-corrected chi connectivity index (χ2v) is 29.1. The maximum absolute atomic E-state index is 2.78. The Morgan fingerprint density at radius 3 is 1.57 bits per heavy atom. The number of benzene rings is 7. The molecule has 0 bridgehead atoms. The average molecular weight is 999 g/mol. The van der Waals surface area contributed by atoms with Gasteiger partial charge in [-0.2, -0.15) is 0 Å². The first-order valence-corrected chi connectivity index (χ1v) is 28.8. The predicted octanol–water partition coefficient (Wildman–Crippen LogP) is 17.9. The van der Waals surface area contributed by atoms with Crippen LogP contribution in [0.3, 0.4) is 0 Å². The van der Waals surface area contributed by atoms with Crippen molar-refractivity contribution in [3.63, 3.8) is 0 Å². The molecule has 0 aromatic heterocycles. The van der Waals surface area contributed by atoms with E-state index in [2.05, 4.69) is 261 Å². The van der Waals surface area contributed by atoms with Crippen molar-refractivity contribution >= 4 is 68.9 Å². The molecule has 0 fully saturated rings. The molecule has 0 radical (unpaired) electrons. The first kappa shape index (κ1) is 50.7. The topological polar surface area (TPSA) is 6.48 Å². The lowest BCUT2D eigenvalue weighted by molar-refractivity contribution is 0.330. The number of hydrogen-bond acceptors (Lipinski definition) is 2. The van der Waals surface area contributed by atoms with Gasteiger partial charge in [0.1, 0.15) is 0 Å². The van der Waals surface area contributed by atoms with Crippen molar-refractivity contribution in [1.82, 2.24) is 0 Å². The highest BCUT2D eigenvalue weighted by Crippen LogP contribution is 2.56. The van der Waals surface area contributed by atoms with E-state index in [9.17, 15) is 0 Å². The van der Waals surface area contributed by atoms with Crippen LogP contribution < -0.4 is 26.2 Å². The quantitative estimate of drug-likeness (QED) is 0.125. The summed E-state index contributed by atoms with van der Waals surface area (Å²) >= 11 is 0. The molecule has 2 aliphatic heterocycles. The number of rotatable bonds is 5. The molecule has 5 aliphatic rings. The highest BCUT2D eigenvalue weighted by molar-refractivity contribution is 7.00. The van der Waals surface area contributed by atoms with Crippen molar-refractivity contribution < 1.29 is 0 Å². The van der Waals surface area contributed by atoms with Crippen LogP contribution in [0.4, 0.5) is 34.1 Å². The van der Waals surface area contributed by atoms with E-state index in [0.29, 0.717) is 0 Å². The van der Waals surface area contributed by atoms with Gasteiger partial charge in [-0.15, -0.1) is 0 Å². The minimum Gasteiger partial charge on any atom is -0.311 e. The molecule has 0 amide bonds. The number of aryl methyl sites for hydroxylation is 1. The Labute approximate surface area is 458 Å². The normalized spacial score (nSPS) is 19.8. The van der Waals surface area contributed by atoms with Gasteiger partial charge in [0.25, 0.3) is 6.71 Å². The Kier molecular flexibility index (Phi) is 11.2. The van der Waals surface area contributed by atoms with Crippen LogP contribution in [0.1, 0.15) is 203 Å². The molecule has 0 unspecified atom stereocenters. The lowest BCUT2D eigenvalue weighted by Crippen LogP contribution is -2.62. The lowest BCUT2D eigenvalue weighted by atomic mass is 9.33. The Morgan fingerprint density at radius 2 is 0.947 bits per heavy atom. The van der Waals surface area contributed by atoms with E-state index in [1.807, 2.05) is 0 Å². The van der Waals surface area contributed by atoms with Crippen LogP contribution in [0.25, 0.3) is 11.6 Å². The summed E-state index contributed by atoms with van der Waals surface area (Å²) in [4.78, 5) is 5.51. The Hall–Kier alpha value is -6.06. The third-order valence-corrected chi connectivity index (χ3v) is 19.8. The van der Waals surface area contributed by atoms with Crippen molar-refractivity contribution in [2.75, 3.05) is 9.80 Å². The summed E-state index contributed by atoms with van der Waals surface area (Å²) < 4.78 is 0. The molecule has 3 heteroatoms. The van der Waals surface area contributed by atoms with E-state index < -0.39 is 0 Å². The second kappa shape index (κ2) is 16.7. The molecular formula is C73H83BN2. The minimum absolute atomic E-state index is 0.0219. The summed E-state index contributed by atoms with van der Waals surface area (Å²) in [5.41, 5.74) is 30.2. The molecule has 76 heavy (non-hydrogen) atoms. The zero-order valence-corrected chi connectivity index (χ0v) is 49.2. The van der Waals surface area contributed by atoms with Crippen molar-refractivity contribution in [2.45, 2.75) is 188 Å². The molecule has 3 aliphatic carbocycles. The van der Waals surface area contributed by atoms with Crippen LogP contribution >= 0.6 is 0 Å². The lowest BCUT2D eigenvalue weighted by Gasteiger charge is -2.49. The van der Waals surface area contributed by atoms with Crippen molar-refractivity contribution in [1.29, 1.82) is 0 Å². The molecule has 0 spiro atoms. The number of fused-ring (bicyclic) bond motifs is 7. The van der Waals surface area contributed by atoms with Gasteiger partial charge in [-0.3, -0.25) is 0 Å². The van der Waals surface area contributed by atoms with Crippen molar-refractivity contribution in [3.8, 4) is 0 Å². The van der Waals surface area contributed by atoms with Gasteiger partial charge in [0.2, 0.25) is 0 Å². The van der Waals surface area contributed by atoms with Gasteiger partial charge in [0, 0.05) is 34.1 Å². The van der Waals surface area contributed by atoms with Crippen molar-refractivity contribution in [2.24, 2.45) is 0 Å². The molecule has 0 saturated carbocycles. The molecule has 0 saturated heterocycles. The van der Waals surface area contributed by atoms with E-state index in [1.54, 1.807) is 0 Å². The Morgan fingerprint density at radius 1 is 0.447 bits per heavy atom. The molecule has 7 aromatic rings. The van der Waals surface area contributed by atoms with E-state index >= 15 is 0 Å². The maximum atomic E-state index is 2.78. The minimum atomic E-state index is -0.132. The molecule has 0 atom stereocenters. The van der Waals surface area contributed by atoms with Gasteiger partial charge in [-0.1, -0.05) is 195 Å². The molecule has 12 rings (SSSR count). The van der Waals surface area contributed by atoms with Gasteiger partial charge in [0.15, 0.2) is 0 Å². The molecule has 7 aromatic carbocycles. The largest absolute Gasteiger partial charge is 0.311 e. The highest BCUT2D eigenvalue weighted by atomic mass is 15.2. The monoisotopic (exact) mass is 999 g/mol. The summed E-state index contributed by atoms with van der Waals surface area (Å²) in [5, 5.41) is 0. The maximum Gasteiger partial charge on any atom is 0.252 e. The van der Waals surface area contributed by atoms with E-state index in [0.717, 1.165) is 19.3 Å². The van der Waals surface area contributed by atoms with Gasteiger partial charge < -0.3 is 9.80 Å². The van der Waals surface area contributed by atoms with Crippen LogP contribution in [0.2, 0.25) is 0 Å². The van der Waals surface area contributed by atoms with Crippen LogP contribution in [-0.4, -0.2) is 6.71 Å². The number of anilines is 6. The third kappa shape index (κ3) is 7.77. The summed E-state index contributed by atoms with van der Waals surface area (Å²) in [6.45, 7) is 41.9. The Balaban J connectivity index is 1.24. The van der Waals surface area contributed by atoms with Crippen LogP contribution in [0, 0.1) is 13.8 Å². The van der Waals surface area contributed by atoms with Crippen molar-refractivity contribution in [3.05, 3.63) is 194 Å². The summed E-state index contributed by atoms with van der Waals surface area (Å²) in [6.07, 6.45) is 8.22. The smallest absolute Gasteiger partial charge is 0.252 e. The standard InChI is InChI=1S/C73H83BN2/c1-45-36-53-56(73(16,17)44-72(53,14)15)42-61(45)76-62-43-55-54(69(8,9)32-33-70(55,10)11)41-58(62)74-57-38-49(51(48-26-22-19-23-27-48)37-47-24-20-18-21-25-47)28-30-60(57)75(63-39-50(67(3,4)5)40-64(76)66(63)74)59-31-29-52-65(46(59)2)71(12,13)35-34-68(52,6)7/h18-31,36-43H,32-35,44H2,1-17H3/b51-37-. The SMILES string of the molecule is Cc1cc2c(cc1N1c3cc4c(cc3B3c5cc(/C(=C\c6ccccc6)c6ccccc6)ccc5N(c5ccc6c(c5C)C(C)(C)CCC6(C)C)c5cc(C(C)(C)C)cc1c53)C(C)(C)CCC4(C)C)C(C)(C)CC2(C)C. The fourth-order valence-electron chi connectivity index (χ4n) is 15.5. The van der Waals surface area contributed by atoms with Gasteiger partial charge in [-0.25, -0.2) is 0 Å². The average Bonchev–Trinajstić information content (AvgIpc) is 3.55. The van der Waals surface area contributed by atoms with E-state index in [-0.39, 0.29) is 44.6 Å². The number of nitrogens with zero attached hydrogens (tertiary/aromatic N) is 2. The third-order valence-electron chi connectivity index (χ3n) is 19.8. The number of hydrogen-bond donors (Lipinski definition) is 0. The van der Waals surface area contributed by atoms with Gasteiger partial charge in [0.05, 0.1) is 0 Å². The predicted molar refractivity (Wildman–Crippen MR) is 330 cm³/mol. The van der Waals surface area contributed by atoms with Crippen LogP contribution in [0.5, 0.6) is 0 Å². The molecular weight excluding hydrogens is 916 g/mol. The first-order chi connectivity index (χ1) is 35.6. The van der Waals surface area contributed by atoms with Gasteiger partial charge in [-0.05, 0) is 215 Å². The second-order valence-electron chi connectivity index (χ2n) is 29.1. The first-order valence-electron chi connectivity index (χ1n) is 28.8. The summed E-state index contributed by atoms with van der Waals surface area (Å²) in [7, 11) is 0. The summed E-state index contributed by atoms with van der Waals surface area (Å²) in [6, 6.07) is 50.4. The molecule has 388 valence electrons. The van der Waals surface area contributed by atoms with Crippen LogP contribution in [0.15, 0.2) is 127 Å². The fraction of sp³-hybridized carbons (Fsp3) is 0.397. The Bertz CT molecular complexity index is 3570. The fourth-order valence-corrected chi connectivity index (χ4v) is 15.5. The summed E-state index contributed by atoms with van der Waals surface area (Å²) in [5.74, 6) is 0. The van der Waals surface area contributed by atoms with Gasteiger partial charge >= 0.3 is 0 Å². The highest BCUT2D eigenvalue weighted by Gasteiger charge is 2.49. The molecule has 2 nitrogen and oxygen atoms in total. The zero-order valence-electron chi connectivity index (χ0n) is 49.2. The molecule has 2 heterocycles. The molecule has 0 N–H and O–H groups in total. The van der Waals surface area contributed by atoms with E-state index in [1.165, 1.54) is 136 Å². The van der Waals surface area contributed by atoms with Crippen LogP contribution in [-0.2, 0) is 37.9 Å². The van der Waals surface area contributed by atoms with E-state index in [4.69, 9.17) is 0 Å².